The molecule has 2 aliphatic rings. The van der Waals surface area contributed by atoms with Crippen molar-refractivity contribution in [1.82, 2.24) is 24.2 Å². The van der Waals surface area contributed by atoms with Crippen LogP contribution in [-0.4, -0.2) is 97.2 Å². The Balaban J connectivity index is 1.40. The predicted octanol–water partition coefficient (Wildman–Crippen LogP) is 0.823. The number of sulfonamides is 1. The topological polar surface area (TPSA) is 121 Å². The minimum absolute atomic E-state index is 0.0871. The molecular weight excluding hydrogens is 458 g/mol. The molecule has 11 nitrogen and oxygen atoms in total. The summed E-state index contributed by atoms with van der Waals surface area (Å²) in [6.45, 7) is 3.88. The van der Waals surface area contributed by atoms with Crippen molar-refractivity contribution < 1.29 is 17.9 Å². The fourth-order valence-electron chi connectivity index (χ4n) is 3.53. The van der Waals surface area contributed by atoms with Crippen molar-refractivity contribution in [2.24, 2.45) is 0 Å². The number of amides is 1. The van der Waals surface area contributed by atoms with Crippen LogP contribution in [-0.2, 0) is 14.8 Å². The van der Waals surface area contributed by atoms with E-state index >= 15 is 0 Å². The van der Waals surface area contributed by atoms with Gasteiger partial charge in [-0.05, 0) is 35.9 Å². The molecule has 2 aliphatic heterocycles. The van der Waals surface area contributed by atoms with Crippen LogP contribution >= 0.6 is 11.6 Å². The first-order chi connectivity index (χ1) is 15.3. The van der Waals surface area contributed by atoms with E-state index in [2.05, 4.69) is 20.3 Å². The van der Waals surface area contributed by atoms with Gasteiger partial charge in [0.1, 0.15) is 0 Å². The van der Waals surface area contributed by atoms with Crippen molar-refractivity contribution in [1.29, 1.82) is 0 Å². The van der Waals surface area contributed by atoms with Gasteiger partial charge in [0.2, 0.25) is 27.2 Å². The highest BCUT2D eigenvalue weighted by Gasteiger charge is 2.26. The van der Waals surface area contributed by atoms with Gasteiger partial charge in [0, 0.05) is 50.5 Å². The number of hydrogen-bond donors (Lipinski definition) is 1. The number of halogens is 1. The molecule has 172 valence electrons. The second-order valence-corrected chi connectivity index (χ2v) is 9.80. The van der Waals surface area contributed by atoms with Gasteiger partial charge in [-0.25, -0.2) is 8.42 Å². The van der Waals surface area contributed by atoms with Crippen LogP contribution in [0.15, 0.2) is 24.3 Å². The molecule has 0 saturated carbocycles. The SMILES string of the molecule is CS(=O)(=O)N1CCN(C(=O)c2ccc(Nc3nc(Cl)nc(N4CCOCC4)n3)cc2)CC1. The highest BCUT2D eigenvalue weighted by molar-refractivity contribution is 7.88. The van der Waals surface area contributed by atoms with Gasteiger partial charge in [-0.1, -0.05) is 0 Å². The van der Waals surface area contributed by atoms with Crippen molar-refractivity contribution in [3.63, 3.8) is 0 Å². The number of benzene rings is 1. The second-order valence-electron chi connectivity index (χ2n) is 7.48. The zero-order chi connectivity index (χ0) is 22.7. The summed E-state index contributed by atoms with van der Waals surface area (Å²) in [6.07, 6.45) is 1.18. The van der Waals surface area contributed by atoms with E-state index in [1.807, 2.05) is 4.90 Å². The van der Waals surface area contributed by atoms with Gasteiger partial charge in [0.25, 0.3) is 5.91 Å². The lowest BCUT2D eigenvalue weighted by atomic mass is 10.1. The summed E-state index contributed by atoms with van der Waals surface area (Å²) in [4.78, 5) is 29.2. The van der Waals surface area contributed by atoms with Gasteiger partial charge in [-0.3, -0.25) is 4.79 Å². The number of morpholine rings is 1. The number of rotatable bonds is 5. The number of carbonyl (C=O) groups is 1. The zero-order valence-corrected chi connectivity index (χ0v) is 19.1. The average Bonchev–Trinajstić information content (AvgIpc) is 2.79. The molecule has 2 aromatic rings. The Bertz CT molecular complexity index is 1070. The molecule has 1 aromatic heterocycles. The molecular formula is C19H24ClN7O4S. The van der Waals surface area contributed by atoms with Gasteiger partial charge in [-0.15, -0.1) is 0 Å². The Kier molecular flexibility index (Phi) is 6.74. The standard InChI is InChI=1S/C19H24ClN7O4S/c1-32(29,30)27-8-6-25(7-9-27)16(28)14-2-4-15(5-3-14)21-18-22-17(20)23-19(24-18)26-10-12-31-13-11-26/h2-5H,6-13H2,1H3,(H,21,22,23,24). The second kappa shape index (κ2) is 9.53. The van der Waals surface area contributed by atoms with E-state index in [9.17, 15) is 13.2 Å². The number of nitrogens with one attached hydrogen (secondary N) is 1. The molecule has 2 fully saturated rings. The lowest BCUT2D eigenvalue weighted by Crippen LogP contribution is -2.50. The molecule has 0 atom stereocenters. The molecule has 3 heterocycles. The molecule has 0 aliphatic carbocycles. The molecule has 1 aromatic carbocycles. The van der Waals surface area contributed by atoms with Gasteiger partial charge in [0.05, 0.1) is 19.5 Å². The third-order valence-electron chi connectivity index (χ3n) is 5.27. The summed E-state index contributed by atoms with van der Waals surface area (Å²) in [7, 11) is -3.24. The number of aromatic nitrogens is 3. The summed E-state index contributed by atoms with van der Waals surface area (Å²) in [5, 5.41) is 3.18. The molecule has 0 radical (unpaired) electrons. The minimum atomic E-state index is -3.24. The van der Waals surface area contributed by atoms with E-state index in [0.717, 1.165) is 0 Å². The maximum Gasteiger partial charge on any atom is 0.253 e. The number of anilines is 3. The fraction of sp³-hybridized carbons (Fsp3) is 0.474. The Hall–Kier alpha value is -2.54. The third kappa shape index (κ3) is 5.44. The lowest BCUT2D eigenvalue weighted by molar-refractivity contribution is 0.0698. The fourth-order valence-corrected chi connectivity index (χ4v) is 4.51. The Labute approximate surface area is 191 Å². The number of ether oxygens (including phenoxy) is 1. The van der Waals surface area contributed by atoms with Crippen LogP contribution in [0.4, 0.5) is 17.6 Å². The number of nitrogens with zero attached hydrogens (tertiary/aromatic N) is 6. The highest BCUT2D eigenvalue weighted by atomic mass is 35.5. The van der Waals surface area contributed by atoms with Crippen molar-refractivity contribution in [3.8, 4) is 0 Å². The predicted molar refractivity (Wildman–Crippen MR) is 120 cm³/mol. The first-order valence-corrected chi connectivity index (χ1v) is 12.4. The minimum Gasteiger partial charge on any atom is -0.378 e. The van der Waals surface area contributed by atoms with Gasteiger partial charge in [0.15, 0.2) is 0 Å². The lowest BCUT2D eigenvalue weighted by Gasteiger charge is -2.33. The van der Waals surface area contributed by atoms with E-state index in [-0.39, 0.29) is 11.2 Å². The first kappa shape index (κ1) is 22.6. The average molecular weight is 482 g/mol. The van der Waals surface area contributed by atoms with Gasteiger partial charge >= 0.3 is 0 Å². The molecule has 0 bridgehead atoms. The molecule has 2 saturated heterocycles. The number of carbonyl (C=O) groups excluding carboxylic acids is 1. The number of piperazine rings is 1. The zero-order valence-electron chi connectivity index (χ0n) is 17.6. The van der Waals surface area contributed by atoms with Crippen LogP contribution in [0.1, 0.15) is 10.4 Å². The van der Waals surface area contributed by atoms with Crippen molar-refractivity contribution in [2.75, 3.05) is 69.0 Å². The molecule has 4 rings (SSSR count). The van der Waals surface area contributed by atoms with Crippen LogP contribution in [0.3, 0.4) is 0 Å². The molecule has 13 heteroatoms. The molecule has 1 N–H and O–H groups in total. The van der Waals surface area contributed by atoms with Gasteiger partial charge < -0.3 is 19.9 Å². The van der Waals surface area contributed by atoms with Gasteiger partial charge in [-0.2, -0.15) is 19.3 Å². The largest absolute Gasteiger partial charge is 0.378 e. The summed E-state index contributed by atoms with van der Waals surface area (Å²) in [6, 6.07) is 6.93. The van der Waals surface area contributed by atoms with Crippen molar-refractivity contribution >= 4 is 45.1 Å². The van der Waals surface area contributed by atoms with Crippen LogP contribution in [0.5, 0.6) is 0 Å². The molecule has 32 heavy (non-hydrogen) atoms. The van der Waals surface area contributed by atoms with E-state index in [4.69, 9.17) is 16.3 Å². The maximum atomic E-state index is 12.8. The van der Waals surface area contributed by atoms with E-state index in [0.29, 0.717) is 75.6 Å². The Morgan fingerprint density at radius 1 is 1.00 bits per heavy atom. The molecule has 0 unspecified atom stereocenters. The van der Waals surface area contributed by atoms with Crippen LogP contribution < -0.4 is 10.2 Å². The third-order valence-corrected chi connectivity index (χ3v) is 6.75. The summed E-state index contributed by atoms with van der Waals surface area (Å²) >= 11 is 6.08. The van der Waals surface area contributed by atoms with Crippen molar-refractivity contribution in [3.05, 3.63) is 35.1 Å². The van der Waals surface area contributed by atoms with Crippen LogP contribution in [0, 0.1) is 0 Å². The summed E-state index contributed by atoms with van der Waals surface area (Å²) < 4.78 is 30.0. The maximum absolute atomic E-state index is 12.8. The van der Waals surface area contributed by atoms with E-state index in [1.165, 1.54) is 10.6 Å². The Morgan fingerprint density at radius 2 is 1.66 bits per heavy atom. The summed E-state index contributed by atoms with van der Waals surface area (Å²) in [5.74, 6) is 0.654. The smallest absolute Gasteiger partial charge is 0.253 e. The van der Waals surface area contributed by atoms with Crippen molar-refractivity contribution in [2.45, 2.75) is 0 Å². The number of hydrogen-bond acceptors (Lipinski definition) is 9. The molecule has 0 spiro atoms. The highest BCUT2D eigenvalue weighted by Crippen LogP contribution is 2.20. The quantitative estimate of drug-likeness (QED) is 0.661. The Morgan fingerprint density at radius 3 is 2.28 bits per heavy atom. The van der Waals surface area contributed by atoms with E-state index in [1.54, 1.807) is 29.2 Å². The first-order valence-electron chi connectivity index (χ1n) is 10.2. The molecule has 1 amide bonds. The van der Waals surface area contributed by atoms with E-state index < -0.39 is 10.0 Å². The monoisotopic (exact) mass is 481 g/mol. The van der Waals surface area contributed by atoms with Crippen LogP contribution in [0.25, 0.3) is 0 Å². The van der Waals surface area contributed by atoms with Crippen LogP contribution in [0.2, 0.25) is 5.28 Å². The summed E-state index contributed by atoms with van der Waals surface area (Å²) in [5.41, 5.74) is 1.21. The normalized spacial score (nSPS) is 17.9.